The van der Waals surface area contributed by atoms with Gasteiger partial charge in [-0.1, -0.05) is 116 Å². The van der Waals surface area contributed by atoms with E-state index in [-0.39, 0.29) is 36.8 Å². The van der Waals surface area contributed by atoms with Gasteiger partial charge >= 0.3 is 6.03 Å². The molecule has 5 atom stereocenters. The fraction of sp³-hybridized carbons (Fsp3) is 0.324. The monoisotopic (exact) mass is 593 g/mol. The summed E-state index contributed by atoms with van der Waals surface area (Å²) >= 11 is 0. The summed E-state index contributed by atoms with van der Waals surface area (Å²) in [5.74, 6) is 0.0921. The molecule has 4 aromatic rings. The minimum Gasteiger partial charge on any atom is -0.392 e. The third-order valence-electron chi connectivity index (χ3n) is 8.54. The van der Waals surface area contributed by atoms with Crippen molar-refractivity contribution in [2.75, 3.05) is 13.6 Å². The van der Waals surface area contributed by atoms with Crippen molar-refractivity contribution in [2.24, 2.45) is 5.92 Å². The van der Waals surface area contributed by atoms with E-state index in [1.165, 1.54) is 5.56 Å². The summed E-state index contributed by atoms with van der Waals surface area (Å²) in [7, 11) is 2.14. The lowest BCUT2D eigenvalue weighted by atomic mass is 9.89. The molecule has 7 nitrogen and oxygen atoms in total. The Morgan fingerprint density at radius 3 is 1.93 bits per heavy atom. The first-order valence-corrected chi connectivity index (χ1v) is 15.3. The average Bonchev–Trinajstić information content (AvgIpc) is 3.08. The van der Waals surface area contributed by atoms with Gasteiger partial charge in [-0.15, -0.1) is 0 Å². The van der Waals surface area contributed by atoms with Gasteiger partial charge in [-0.05, 0) is 41.8 Å². The number of benzene rings is 4. The molecular formula is C37H43N3O4. The maximum absolute atomic E-state index is 12.3. The van der Waals surface area contributed by atoms with Gasteiger partial charge in [0.25, 0.3) is 0 Å². The Bertz CT molecular complexity index is 1450. The standard InChI is InChI=1S/C37H43N3O4/c1-26-34(24-40(3)27(2)31-12-8-5-9-13-31)43-36(44-35(26)32-18-16-30(25-41)17-19-32)33-20-14-29(15-21-33)23-39-37(42)38-22-28-10-6-4-7-11-28/h4-21,26-27,34-36,41H,22-25H2,1-3H3,(H2,38,39,42)/t26-,27+,34+,35+,36+/m1/s1. The summed E-state index contributed by atoms with van der Waals surface area (Å²) in [6.07, 6.45) is -0.806. The van der Waals surface area contributed by atoms with Crippen molar-refractivity contribution >= 4 is 6.03 Å². The number of carbonyl (C=O) groups is 1. The average molecular weight is 594 g/mol. The lowest BCUT2D eigenvalue weighted by Gasteiger charge is -2.43. The summed E-state index contributed by atoms with van der Waals surface area (Å²) in [5.41, 5.74) is 6.16. The number of carbonyl (C=O) groups excluding carboxylic acids is 1. The summed E-state index contributed by atoms with van der Waals surface area (Å²) < 4.78 is 13.3. The predicted octanol–water partition coefficient (Wildman–Crippen LogP) is 6.66. The second kappa shape index (κ2) is 15.1. The number of nitrogens with one attached hydrogen (secondary N) is 2. The van der Waals surface area contributed by atoms with Crippen molar-refractivity contribution < 1.29 is 19.4 Å². The van der Waals surface area contributed by atoms with E-state index < -0.39 is 6.29 Å². The first kappa shape index (κ1) is 31.4. The van der Waals surface area contributed by atoms with Gasteiger partial charge < -0.3 is 25.2 Å². The predicted molar refractivity (Wildman–Crippen MR) is 172 cm³/mol. The Morgan fingerprint density at radius 1 is 0.773 bits per heavy atom. The first-order chi connectivity index (χ1) is 21.4. The highest BCUT2D eigenvalue weighted by atomic mass is 16.7. The molecule has 0 unspecified atom stereocenters. The number of nitrogens with zero attached hydrogens (tertiary/aromatic N) is 1. The number of urea groups is 1. The van der Waals surface area contributed by atoms with Crippen LogP contribution in [0, 0.1) is 5.92 Å². The SMILES string of the molecule is C[C@@H]1[C@H](CN(C)[C@@H](C)c2ccccc2)O[C@H](c2ccc(CNC(=O)NCc3ccccc3)cc2)O[C@@H]1c1ccc(CO)cc1. The highest BCUT2D eigenvalue weighted by molar-refractivity contribution is 5.73. The molecule has 2 amide bonds. The van der Waals surface area contributed by atoms with E-state index in [0.717, 1.165) is 34.4 Å². The van der Waals surface area contributed by atoms with Crippen LogP contribution in [0.4, 0.5) is 4.79 Å². The smallest absolute Gasteiger partial charge is 0.315 e. The number of rotatable bonds is 11. The second-order valence-electron chi connectivity index (χ2n) is 11.6. The number of hydrogen-bond acceptors (Lipinski definition) is 5. The Kier molecular flexibility index (Phi) is 10.8. The molecular weight excluding hydrogens is 550 g/mol. The molecule has 1 saturated heterocycles. The fourth-order valence-corrected chi connectivity index (χ4v) is 5.57. The highest BCUT2D eigenvalue weighted by Gasteiger charge is 2.39. The van der Waals surface area contributed by atoms with Crippen LogP contribution in [0.15, 0.2) is 109 Å². The van der Waals surface area contributed by atoms with Crippen LogP contribution in [-0.2, 0) is 29.2 Å². The maximum Gasteiger partial charge on any atom is 0.315 e. The molecule has 5 rings (SSSR count). The zero-order chi connectivity index (χ0) is 30.9. The van der Waals surface area contributed by atoms with Gasteiger partial charge in [-0.2, -0.15) is 0 Å². The molecule has 0 radical (unpaired) electrons. The first-order valence-electron chi connectivity index (χ1n) is 15.3. The van der Waals surface area contributed by atoms with Crippen LogP contribution < -0.4 is 10.6 Å². The van der Waals surface area contributed by atoms with E-state index in [0.29, 0.717) is 13.1 Å². The molecule has 0 bridgehead atoms. The molecule has 0 aliphatic carbocycles. The Morgan fingerprint density at radius 2 is 1.32 bits per heavy atom. The Balaban J connectivity index is 1.26. The van der Waals surface area contributed by atoms with Gasteiger partial charge in [0, 0.05) is 37.2 Å². The van der Waals surface area contributed by atoms with Crippen molar-refractivity contribution in [2.45, 2.75) is 58.1 Å². The van der Waals surface area contributed by atoms with Gasteiger partial charge in [0.1, 0.15) is 0 Å². The molecule has 1 heterocycles. The minimum absolute atomic E-state index is 0.00772. The van der Waals surface area contributed by atoms with Gasteiger partial charge in [-0.25, -0.2) is 4.79 Å². The van der Waals surface area contributed by atoms with Gasteiger partial charge in [0.2, 0.25) is 0 Å². The number of amides is 2. The Hall–Kier alpha value is -4.01. The molecule has 230 valence electrons. The molecule has 1 aliphatic heterocycles. The summed E-state index contributed by atoms with van der Waals surface area (Å²) in [6.45, 7) is 6.04. The number of hydrogen-bond donors (Lipinski definition) is 3. The van der Waals surface area contributed by atoms with Gasteiger partial charge in [0.15, 0.2) is 6.29 Å². The molecule has 4 aromatic carbocycles. The van der Waals surface area contributed by atoms with Gasteiger partial charge in [0.05, 0.1) is 18.8 Å². The summed E-state index contributed by atoms with van der Waals surface area (Å²) in [4.78, 5) is 14.7. The number of likely N-dealkylation sites (N-methyl/N-ethyl adjacent to an activating group) is 1. The van der Waals surface area contributed by atoms with Crippen LogP contribution in [0.25, 0.3) is 0 Å². The summed E-state index contributed by atoms with van der Waals surface area (Å²) in [6, 6.07) is 36.4. The zero-order valence-electron chi connectivity index (χ0n) is 25.7. The molecule has 1 fully saturated rings. The van der Waals surface area contributed by atoms with E-state index in [9.17, 15) is 9.90 Å². The largest absolute Gasteiger partial charge is 0.392 e. The second-order valence-corrected chi connectivity index (χ2v) is 11.6. The van der Waals surface area contributed by atoms with E-state index >= 15 is 0 Å². The number of aliphatic hydroxyl groups is 1. The van der Waals surface area contributed by atoms with Crippen LogP contribution in [0.1, 0.15) is 65.7 Å². The van der Waals surface area contributed by atoms with E-state index in [2.05, 4.69) is 60.7 Å². The lowest BCUT2D eigenvalue weighted by molar-refractivity contribution is -0.276. The van der Waals surface area contributed by atoms with Crippen molar-refractivity contribution in [3.8, 4) is 0 Å². The van der Waals surface area contributed by atoms with Crippen LogP contribution >= 0.6 is 0 Å². The van der Waals surface area contributed by atoms with Crippen molar-refractivity contribution in [3.63, 3.8) is 0 Å². The van der Waals surface area contributed by atoms with Crippen LogP contribution in [0.2, 0.25) is 0 Å². The van der Waals surface area contributed by atoms with Crippen molar-refractivity contribution in [3.05, 3.63) is 143 Å². The zero-order valence-corrected chi connectivity index (χ0v) is 25.7. The number of aliphatic hydroxyl groups excluding tert-OH is 1. The van der Waals surface area contributed by atoms with E-state index in [1.807, 2.05) is 84.9 Å². The van der Waals surface area contributed by atoms with Crippen LogP contribution in [-0.4, -0.2) is 35.7 Å². The third-order valence-corrected chi connectivity index (χ3v) is 8.54. The molecule has 0 saturated carbocycles. The quantitative estimate of drug-likeness (QED) is 0.181. The van der Waals surface area contributed by atoms with Crippen LogP contribution in [0.5, 0.6) is 0 Å². The lowest BCUT2D eigenvalue weighted by Crippen LogP contribution is -2.44. The molecule has 0 aromatic heterocycles. The molecule has 1 aliphatic rings. The maximum atomic E-state index is 12.3. The molecule has 44 heavy (non-hydrogen) atoms. The van der Waals surface area contributed by atoms with Crippen LogP contribution in [0.3, 0.4) is 0 Å². The van der Waals surface area contributed by atoms with E-state index in [4.69, 9.17) is 9.47 Å². The van der Waals surface area contributed by atoms with Gasteiger partial charge in [-0.3, -0.25) is 4.90 Å². The van der Waals surface area contributed by atoms with Crippen molar-refractivity contribution in [1.29, 1.82) is 0 Å². The molecule has 3 N–H and O–H groups in total. The fourth-order valence-electron chi connectivity index (χ4n) is 5.57. The summed E-state index contributed by atoms with van der Waals surface area (Å²) in [5, 5.41) is 15.4. The minimum atomic E-state index is -0.546. The Labute approximate surface area is 260 Å². The highest BCUT2D eigenvalue weighted by Crippen LogP contribution is 2.42. The van der Waals surface area contributed by atoms with E-state index in [1.54, 1.807) is 0 Å². The normalized spacial score (nSPS) is 20.7. The number of ether oxygens (including phenoxy) is 2. The molecule has 0 spiro atoms. The topological polar surface area (TPSA) is 83.1 Å². The molecule has 7 heteroatoms. The third kappa shape index (κ3) is 8.12. The van der Waals surface area contributed by atoms with Crippen molar-refractivity contribution in [1.82, 2.24) is 15.5 Å².